The fourth-order valence-corrected chi connectivity index (χ4v) is 2.41. The first-order valence-electron chi connectivity index (χ1n) is 6.45. The average molecular weight is 323 g/mol. The maximum atomic E-state index is 12.2. The third kappa shape index (κ3) is 3.12. The molecular formula is C15H12Cl2N2O2. The molecule has 1 aliphatic rings. The highest BCUT2D eigenvalue weighted by Crippen LogP contribution is 2.22. The average Bonchev–Trinajstić information content (AvgIpc) is 2.44. The SMILES string of the molecule is O=C(c1ccccc1Cl)N1CC(Oc2ccc(Cl)cn2)C1. The molecule has 0 atom stereocenters. The highest BCUT2D eigenvalue weighted by atomic mass is 35.5. The van der Waals surface area contributed by atoms with Gasteiger partial charge in [-0.3, -0.25) is 4.79 Å². The summed E-state index contributed by atoms with van der Waals surface area (Å²) >= 11 is 11.8. The second-order valence-electron chi connectivity index (χ2n) is 4.74. The van der Waals surface area contributed by atoms with Crippen molar-refractivity contribution in [2.45, 2.75) is 6.10 Å². The quantitative estimate of drug-likeness (QED) is 0.870. The summed E-state index contributed by atoms with van der Waals surface area (Å²) < 4.78 is 5.66. The van der Waals surface area contributed by atoms with E-state index >= 15 is 0 Å². The number of hydrogen-bond acceptors (Lipinski definition) is 3. The van der Waals surface area contributed by atoms with E-state index in [1.54, 1.807) is 41.3 Å². The largest absolute Gasteiger partial charge is 0.471 e. The smallest absolute Gasteiger partial charge is 0.255 e. The molecule has 0 N–H and O–H groups in total. The summed E-state index contributed by atoms with van der Waals surface area (Å²) in [5.74, 6) is 0.429. The van der Waals surface area contributed by atoms with Gasteiger partial charge in [-0.1, -0.05) is 35.3 Å². The van der Waals surface area contributed by atoms with Crippen molar-refractivity contribution in [1.82, 2.24) is 9.88 Å². The molecule has 0 saturated carbocycles. The first-order chi connectivity index (χ1) is 10.1. The number of carbonyl (C=O) groups excluding carboxylic acids is 1. The van der Waals surface area contributed by atoms with E-state index in [1.807, 2.05) is 0 Å². The molecule has 0 aliphatic carbocycles. The minimum atomic E-state index is -0.0792. The second kappa shape index (κ2) is 5.92. The normalized spacial score (nSPS) is 14.7. The van der Waals surface area contributed by atoms with Gasteiger partial charge in [0.1, 0.15) is 6.10 Å². The number of amides is 1. The Balaban J connectivity index is 1.57. The molecule has 1 aromatic heterocycles. The van der Waals surface area contributed by atoms with Gasteiger partial charge in [-0.15, -0.1) is 0 Å². The highest BCUT2D eigenvalue weighted by molar-refractivity contribution is 6.33. The number of nitrogens with zero attached hydrogens (tertiary/aromatic N) is 2. The Kier molecular flexibility index (Phi) is 3.99. The molecule has 3 rings (SSSR count). The molecule has 108 valence electrons. The molecule has 0 radical (unpaired) electrons. The summed E-state index contributed by atoms with van der Waals surface area (Å²) in [6.45, 7) is 1.04. The molecule has 1 amide bonds. The number of pyridine rings is 1. The predicted molar refractivity (Wildman–Crippen MR) is 81.0 cm³/mol. The third-order valence-electron chi connectivity index (χ3n) is 3.23. The third-order valence-corrected chi connectivity index (χ3v) is 3.78. The van der Waals surface area contributed by atoms with Crippen LogP contribution in [0, 0.1) is 0 Å². The maximum Gasteiger partial charge on any atom is 0.255 e. The number of benzene rings is 1. The van der Waals surface area contributed by atoms with Gasteiger partial charge in [-0.2, -0.15) is 0 Å². The van der Waals surface area contributed by atoms with Crippen LogP contribution in [0.25, 0.3) is 0 Å². The molecule has 0 bridgehead atoms. The number of likely N-dealkylation sites (tertiary alicyclic amines) is 1. The number of hydrogen-bond donors (Lipinski definition) is 0. The van der Waals surface area contributed by atoms with Crippen LogP contribution in [0.4, 0.5) is 0 Å². The zero-order valence-electron chi connectivity index (χ0n) is 11.0. The number of aromatic nitrogens is 1. The van der Waals surface area contributed by atoms with E-state index in [2.05, 4.69) is 4.98 Å². The first kappa shape index (κ1) is 14.2. The molecule has 0 spiro atoms. The Morgan fingerprint density at radius 2 is 1.95 bits per heavy atom. The van der Waals surface area contributed by atoms with E-state index < -0.39 is 0 Å². The summed E-state index contributed by atoms with van der Waals surface area (Å²) in [6, 6.07) is 10.5. The van der Waals surface area contributed by atoms with Crippen molar-refractivity contribution in [2.24, 2.45) is 0 Å². The molecule has 1 saturated heterocycles. The van der Waals surface area contributed by atoms with E-state index in [-0.39, 0.29) is 12.0 Å². The van der Waals surface area contributed by atoms with E-state index in [0.29, 0.717) is 34.6 Å². The summed E-state index contributed by atoms with van der Waals surface area (Å²) in [4.78, 5) is 18.0. The van der Waals surface area contributed by atoms with Crippen molar-refractivity contribution in [3.63, 3.8) is 0 Å². The highest BCUT2D eigenvalue weighted by Gasteiger charge is 2.33. The molecular weight excluding hydrogens is 311 g/mol. The summed E-state index contributed by atoms with van der Waals surface area (Å²) in [5.41, 5.74) is 0.516. The Morgan fingerprint density at radius 3 is 2.62 bits per heavy atom. The lowest BCUT2D eigenvalue weighted by Gasteiger charge is -2.38. The van der Waals surface area contributed by atoms with Crippen LogP contribution in [-0.2, 0) is 0 Å². The minimum absolute atomic E-state index is 0.0508. The van der Waals surface area contributed by atoms with Crippen LogP contribution in [0.2, 0.25) is 10.0 Å². The van der Waals surface area contributed by atoms with Crippen molar-refractivity contribution in [1.29, 1.82) is 0 Å². The van der Waals surface area contributed by atoms with Gasteiger partial charge in [0.25, 0.3) is 5.91 Å². The molecule has 0 unspecified atom stereocenters. The van der Waals surface area contributed by atoms with Crippen molar-refractivity contribution < 1.29 is 9.53 Å². The predicted octanol–water partition coefficient (Wildman–Crippen LogP) is 3.29. The van der Waals surface area contributed by atoms with E-state index in [0.717, 1.165) is 0 Å². The van der Waals surface area contributed by atoms with Crippen LogP contribution in [0.1, 0.15) is 10.4 Å². The standard InChI is InChI=1S/C15H12Cl2N2O2/c16-10-5-6-14(18-7-10)21-11-8-19(9-11)15(20)12-3-1-2-4-13(12)17/h1-7,11H,8-9H2. The monoisotopic (exact) mass is 322 g/mol. The Labute approximate surface area is 132 Å². The van der Waals surface area contributed by atoms with E-state index in [9.17, 15) is 4.79 Å². The van der Waals surface area contributed by atoms with Gasteiger partial charge in [0, 0.05) is 12.3 Å². The molecule has 6 heteroatoms. The number of rotatable bonds is 3. The molecule has 4 nitrogen and oxygen atoms in total. The zero-order chi connectivity index (χ0) is 14.8. The van der Waals surface area contributed by atoms with Crippen LogP contribution in [0.5, 0.6) is 5.88 Å². The fourth-order valence-electron chi connectivity index (χ4n) is 2.09. The van der Waals surface area contributed by atoms with Gasteiger partial charge in [-0.25, -0.2) is 4.98 Å². The summed E-state index contributed by atoms with van der Waals surface area (Å²) in [7, 11) is 0. The van der Waals surface area contributed by atoms with Gasteiger partial charge in [0.15, 0.2) is 0 Å². The van der Waals surface area contributed by atoms with Crippen LogP contribution in [0.3, 0.4) is 0 Å². The maximum absolute atomic E-state index is 12.2. The van der Waals surface area contributed by atoms with E-state index in [4.69, 9.17) is 27.9 Å². The lowest BCUT2D eigenvalue weighted by molar-refractivity contribution is 0.0160. The number of halogens is 2. The second-order valence-corrected chi connectivity index (χ2v) is 5.59. The van der Waals surface area contributed by atoms with Crippen LogP contribution >= 0.6 is 23.2 Å². The Bertz CT molecular complexity index is 655. The van der Waals surface area contributed by atoms with Crippen molar-refractivity contribution in [3.8, 4) is 5.88 Å². The molecule has 2 aromatic rings. The molecule has 1 fully saturated rings. The molecule has 1 aromatic carbocycles. The van der Waals surface area contributed by atoms with Crippen LogP contribution < -0.4 is 4.74 Å². The van der Waals surface area contributed by atoms with Crippen LogP contribution in [-0.4, -0.2) is 35.0 Å². The lowest BCUT2D eigenvalue weighted by atomic mass is 10.1. The number of ether oxygens (including phenoxy) is 1. The van der Waals surface area contributed by atoms with Gasteiger partial charge in [0.2, 0.25) is 5.88 Å². The van der Waals surface area contributed by atoms with Gasteiger partial charge in [0.05, 0.1) is 28.7 Å². The fraction of sp³-hybridized carbons (Fsp3) is 0.200. The van der Waals surface area contributed by atoms with Crippen molar-refractivity contribution in [3.05, 3.63) is 58.2 Å². The van der Waals surface area contributed by atoms with Gasteiger partial charge in [-0.05, 0) is 18.2 Å². The summed E-state index contributed by atoms with van der Waals surface area (Å²) in [5, 5.41) is 1.03. The minimum Gasteiger partial charge on any atom is -0.471 e. The Hall–Kier alpha value is -1.78. The van der Waals surface area contributed by atoms with Gasteiger partial charge >= 0.3 is 0 Å². The first-order valence-corrected chi connectivity index (χ1v) is 7.21. The van der Waals surface area contributed by atoms with Crippen molar-refractivity contribution in [2.75, 3.05) is 13.1 Å². The molecule has 1 aliphatic heterocycles. The van der Waals surface area contributed by atoms with Crippen molar-refractivity contribution >= 4 is 29.1 Å². The number of carbonyl (C=O) groups is 1. The summed E-state index contributed by atoms with van der Waals surface area (Å²) in [6.07, 6.45) is 1.48. The topological polar surface area (TPSA) is 42.4 Å². The zero-order valence-corrected chi connectivity index (χ0v) is 12.5. The molecule has 2 heterocycles. The molecule has 21 heavy (non-hydrogen) atoms. The Morgan fingerprint density at radius 1 is 1.19 bits per heavy atom. The van der Waals surface area contributed by atoms with E-state index in [1.165, 1.54) is 6.20 Å². The van der Waals surface area contributed by atoms with Gasteiger partial charge < -0.3 is 9.64 Å². The van der Waals surface area contributed by atoms with Crippen LogP contribution in [0.15, 0.2) is 42.6 Å². The lowest BCUT2D eigenvalue weighted by Crippen LogP contribution is -2.56.